The van der Waals surface area contributed by atoms with Crippen LogP contribution in [0, 0.1) is 11.3 Å². The minimum atomic E-state index is -3.95. The van der Waals surface area contributed by atoms with E-state index in [0.717, 1.165) is 19.3 Å². The number of sulfone groups is 1. The highest BCUT2D eigenvalue weighted by molar-refractivity contribution is 7.93. The standard InChI is InChI=1S/C21H26N2O5S/c22-16-20(11-5-2-6-12-20)23-18(24)15-28-19(25)21(13-7-8-14-21)29(26,27)17-9-3-1-4-10-17/h1,3-4,9-10H,2,5-8,11-15H2,(H,23,24). The van der Waals surface area contributed by atoms with Crippen molar-refractivity contribution in [3.63, 3.8) is 0 Å². The number of hydrogen-bond donors (Lipinski definition) is 1. The van der Waals surface area contributed by atoms with Crippen molar-refractivity contribution in [2.24, 2.45) is 0 Å². The lowest BCUT2D eigenvalue weighted by atomic mass is 9.83. The summed E-state index contributed by atoms with van der Waals surface area (Å²) >= 11 is 0. The molecule has 8 heteroatoms. The Hall–Kier alpha value is -2.40. The van der Waals surface area contributed by atoms with Crippen LogP contribution in [0.15, 0.2) is 35.2 Å². The zero-order valence-corrected chi connectivity index (χ0v) is 17.2. The van der Waals surface area contributed by atoms with Gasteiger partial charge in [0, 0.05) is 0 Å². The van der Waals surface area contributed by atoms with Gasteiger partial charge in [-0.1, -0.05) is 50.3 Å². The van der Waals surface area contributed by atoms with E-state index in [1.807, 2.05) is 0 Å². The zero-order chi connectivity index (χ0) is 21.0. The predicted octanol–water partition coefficient (Wildman–Crippen LogP) is 2.66. The Kier molecular flexibility index (Phi) is 6.27. The third kappa shape index (κ3) is 4.15. The lowest BCUT2D eigenvalue weighted by Gasteiger charge is -2.31. The highest BCUT2D eigenvalue weighted by Gasteiger charge is 2.54. The largest absolute Gasteiger partial charge is 0.454 e. The smallest absolute Gasteiger partial charge is 0.328 e. The van der Waals surface area contributed by atoms with Gasteiger partial charge in [-0.25, -0.2) is 8.42 Å². The average molecular weight is 419 g/mol. The SMILES string of the molecule is N#CC1(NC(=O)COC(=O)C2(S(=O)(=O)c3ccccc3)CCCC2)CCCCC1. The van der Waals surface area contributed by atoms with Gasteiger partial charge in [0.2, 0.25) is 0 Å². The van der Waals surface area contributed by atoms with Gasteiger partial charge in [0.15, 0.2) is 21.2 Å². The van der Waals surface area contributed by atoms with Gasteiger partial charge in [-0.2, -0.15) is 5.26 Å². The highest BCUT2D eigenvalue weighted by Crippen LogP contribution is 2.41. The van der Waals surface area contributed by atoms with Gasteiger partial charge in [-0.05, 0) is 37.8 Å². The summed E-state index contributed by atoms with van der Waals surface area (Å²) in [6.45, 7) is -0.589. The van der Waals surface area contributed by atoms with Crippen LogP contribution in [0.3, 0.4) is 0 Å². The second-order valence-corrected chi connectivity index (χ2v) is 10.2. The van der Waals surface area contributed by atoms with E-state index in [4.69, 9.17) is 4.74 Å². The number of rotatable bonds is 6. The molecule has 1 N–H and O–H groups in total. The molecule has 0 unspecified atom stereocenters. The fourth-order valence-electron chi connectivity index (χ4n) is 4.34. The van der Waals surface area contributed by atoms with E-state index in [9.17, 15) is 23.3 Å². The van der Waals surface area contributed by atoms with Crippen LogP contribution in [0.4, 0.5) is 0 Å². The Morgan fingerprint density at radius 1 is 1.00 bits per heavy atom. The lowest BCUT2D eigenvalue weighted by molar-refractivity contribution is -0.151. The molecule has 0 heterocycles. The molecular weight excluding hydrogens is 392 g/mol. The van der Waals surface area contributed by atoms with Gasteiger partial charge in [0.1, 0.15) is 5.54 Å². The number of carbonyl (C=O) groups is 2. The first-order chi connectivity index (χ1) is 13.9. The van der Waals surface area contributed by atoms with E-state index in [1.165, 1.54) is 12.1 Å². The summed E-state index contributed by atoms with van der Waals surface area (Å²) in [6, 6.07) is 10.0. The number of esters is 1. The van der Waals surface area contributed by atoms with Crippen LogP contribution in [0.5, 0.6) is 0 Å². The number of nitrogens with zero attached hydrogens (tertiary/aromatic N) is 1. The molecule has 0 aliphatic heterocycles. The van der Waals surface area contributed by atoms with E-state index in [0.29, 0.717) is 25.7 Å². The topological polar surface area (TPSA) is 113 Å². The fraction of sp³-hybridized carbons (Fsp3) is 0.571. The van der Waals surface area contributed by atoms with Crippen LogP contribution in [0.1, 0.15) is 57.8 Å². The molecular formula is C21H26N2O5S. The average Bonchev–Trinajstić information content (AvgIpc) is 3.25. The molecule has 0 atom stereocenters. The Balaban J connectivity index is 1.71. The summed E-state index contributed by atoms with van der Waals surface area (Å²) in [5.74, 6) is -1.46. The number of carbonyl (C=O) groups excluding carboxylic acids is 2. The van der Waals surface area contributed by atoms with Crippen molar-refractivity contribution in [3.8, 4) is 6.07 Å². The molecule has 0 spiro atoms. The molecule has 1 aromatic rings. The maximum atomic E-state index is 13.2. The highest BCUT2D eigenvalue weighted by atomic mass is 32.2. The van der Waals surface area contributed by atoms with Crippen molar-refractivity contribution in [1.82, 2.24) is 5.32 Å². The first kappa shape index (κ1) is 21.3. The number of benzene rings is 1. The molecule has 0 aromatic heterocycles. The zero-order valence-electron chi connectivity index (χ0n) is 16.4. The fourth-order valence-corrected chi connectivity index (χ4v) is 6.41. The van der Waals surface area contributed by atoms with Crippen LogP contribution < -0.4 is 5.32 Å². The molecule has 2 fully saturated rings. The summed E-state index contributed by atoms with van der Waals surface area (Å²) in [5, 5.41) is 12.1. The maximum absolute atomic E-state index is 13.2. The van der Waals surface area contributed by atoms with Gasteiger partial charge in [0.05, 0.1) is 11.0 Å². The van der Waals surface area contributed by atoms with Crippen LogP contribution in [0.25, 0.3) is 0 Å². The van der Waals surface area contributed by atoms with Crippen LogP contribution in [-0.2, 0) is 24.2 Å². The van der Waals surface area contributed by atoms with Gasteiger partial charge in [-0.3, -0.25) is 9.59 Å². The van der Waals surface area contributed by atoms with Crippen LogP contribution in [-0.4, -0.2) is 37.2 Å². The van der Waals surface area contributed by atoms with E-state index in [2.05, 4.69) is 11.4 Å². The van der Waals surface area contributed by atoms with Crippen molar-refractivity contribution < 1.29 is 22.7 Å². The summed E-state index contributed by atoms with van der Waals surface area (Å²) in [4.78, 5) is 25.3. The van der Waals surface area contributed by atoms with Crippen molar-refractivity contribution in [1.29, 1.82) is 5.26 Å². The molecule has 1 amide bonds. The Morgan fingerprint density at radius 3 is 2.17 bits per heavy atom. The van der Waals surface area contributed by atoms with E-state index in [1.54, 1.807) is 18.2 Å². The quantitative estimate of drug-likeness (QED) is 0.711. The lowest BCUT2D eigenvalue weighted by Crippen LogP contribution is -2.51. The molecule has 0 bridgehead atoms. The number of nitrogens with one attached hydrogen (secondary N) is 1. The molecule has 29 heavy (non-hydrogen) atoms. The summed E-state index contributed by atoms with van der Waals surface area (Å²) < 4.78 is 30.0. The second-order valence-electron chi connectivity index (χ2n) is 7.90. The summed E-state index contributed by atoms with van der Waals surface area (Å²) in [5.41, 5.74) is -0.928. The molecule has 156 valence electrons. The van der Waals surface area contributed by atoms with E-state index >= 15 is 0 Å². The van der Waals surface area contributed by atoms with Gasteiger partial charge in [-0.15, -0.1) is 0 Å². The Labute approximate surface area is 171 Å². The molecule has 2 aliphatic carbocycles. The minimum Gasteiger partial charge on any atom is -0.454 e. The third-order valence-corrected chi connectivity index (χ3v) is 8.48. The number of ether oxygens (including phenoxy) is 1. The Morgan fingerprint density at radius 2 is 1.59 bits per heavy atom. The molecule has 1 aromatic carbocycles. The predicted molar refractivity (Wildman–Crippen MR) is 105 cm³/mol. The van der Waals surface area contributed by atoms with Crippen LogP contribution >= 0.6 is 0 Å². The molecule has 0 radical (unpaired) electrons. The van der Waals surface area contributed by atoms with Crippen molar-refractivity contribution in [2.75, 3.05) is 6.61 Å². The number of nitriles is 1. The van der Waals surface area contributed by atoms with Crippen molar-refractivity contribution in [3.05, 3.63) is 30.3 Å². The molecule has 2 saturated carbocycles. The first-order valence-corrected chi connectivity index (χ1v) is 11.5. The normalized spacial score (nSPS) is 20.4. The van der Waals surface area contributed by atoms with E-state index < -0.39 is 38.6 Å². The van der Waals surface area contributed by atoms with Crippen LogP contribution in [0.2, 0.25) is 0 Å². The third-order valence-electron chi connectivity index (χ3n) is 5.99. The Bertz CT molecular complexity index is 893. The van der Waals surface area contributed by atoms with Gasteiger partial charge < -0.3 is 10.1 Å². The molecule has 3 rings (SSSR count). The van der Waals surface area contributed by atoms with Gasteiger partial charge >= 0.3 is 5.97 Å². The summed E-state index contributed by atoms with van der Waals surface area (Å²) in [6.07, 6.45) is 5.41. The van der Waals surface area contributed by atoms with Crippen molar-refractivity contribution in [2.45, 2.75) is 73.0 Å². The number of amides is 1. The number of hydrogen-bond acceptors (Lipinski definition) is 6. The maximum Gasteiger partial charge on any atom is 0.328 e. The van der Waals surface area contributed by atoms with Crippen molar-refractivity contribution >= 4 is 21.7 Å². The molecule has 0 saturated heterocycles. The minimum absolute atomic E-state index is 0.0777. The van der Waals surface area contributed by atoms with Gasteiger partial charge in [0.25, 0.3) is 5.91 Å². The summed E-state index contributed by atoms with van der Waals surface area (Å²) in [7, 11) is -3.95. The van der Waals surface area contributed by atoms with E-state index in [-0.39, 0.29) is 17.7 Å². The second kappa shape index (κ2) is 8.54. The first-order valence-electron chi connectivity index (χ1n) is 10.0. The molecule has 2 aliphatic rings. The monoisotopic (exact) mass is 418 g/mol. The molecule has 7 nitrogen and oxygen atoms in total.